The lowest BCUT2D eigenvalue weighted by molar-refractivity contribution is -0.192. The number of hydrogen-bond donors (Lipinski definition) is 4. The zero-order valence-electron chi connectivity index (χ0n) is 21.2. The van der Waals surface area contributed by atoms with Gasteiger partial charge in [-0.15, -0.1) is 0 Å². The summed E-state index contributed by atoms with van der Waals surface area (Å²) in [5.41, 5.74) is 2.39. The molecule has 15 heteroatoms. The van der Waals surface area contributed by atoms with Crippen LogP contribution in [-0.4, -0.2) is 73.8 Å². The van der Waals surface area contributed by atoms with E-state index in [1.807, 2.05) is 37.3 Å². The molecule has 2 aromatic carbocycles. The number of aryl methyl sites for hydroxylation is 1. The Labute approximate surface area is 237 Å². The van der Waals surface area contributed by atoms with Gasteiger partial charge in [-0.25, -0.2) is 22.7 Å². The zero-order valence-corrected chi connectivity index (χ0v) is 23.6. The summed E-state index contributed by atoms with van der Waals surface area (Å²) in [6.07, 6.45) is -4.36. The van der Waals surface area contributed by atoms with E-state index in [1.54, 1.807) is 24.3 Å². The van der Waals surface area contributed by atoms with Crippen LogP contribution in [0.4, 0.5) is 23.7 Å². The highest BCUT2D eigenvalue weighted by Gasteiger charge is 2.38. The first-order chi connectivity index (χ1) is 18.7. The average molecular weight is 646 g/mol. The van der Waals surface area contributed by atoms with Gasteiger partial charge in [0.2, 0.25) is 10.0 Å². The Morgan fingerprint density at radius 3 is 2.45 bits per heavy atom. The van der Waals surface area contributed by atoms with E-state index < -0.39 is 22.2 Å². The van der Waals surface area contributed by atoms with Crippen molar-refractivity contribution >= 4 is 54.5 Å². The number of sulfonamides is 1. The number of carbonyl (C=O) groups excluding carboxylic acids is 1. The predicted octanol–water partition coefficient (Wildman–Crippen LogP) is 4.11. The summed E-state index contributed by atoms with van der Waals surface area (Å²) in [5.74, 6) is -2.76. The standard InChI is InChI=1S/C23H26BrN5O3S.C2HF3O2/c1-16-14-22(20-4-2-3-5-21(20)26-16)27-23(30)25-11-13-29-12-10-18(15-29)28-33(31,32)19-8-6-17(24)7-9-19;3-2(4,5)1(6)7/h2-9,14,18,28H,10-13,15H2,1H3,(H2,25,26,27,30);(H,6,7). The Bertz CT molecular complexity index is 1460. The van der Waals surface area contributed by atoms with Gasteiger partial charge in [-0.1, -0.05) is 34.1 Å². The number of hydrogen-bond acceptors (Lipinski definition) is 6. The molecule has 1 unspecified atom stereocenters. The number of likely N-dealkylation sites (tertiary alicyclic amines) is 1. The minimum Gasteiger partial charge on any atom is -0.475 e. The lowest BCUT2D eigenvalue weighted by atomic mass is 10.1. The monoisotopic (exact) mass is 645 g/mol. The van der Waals surface area contributed by atoms with Crippen LogP contribution in [0, 0.1) is 6.92 Å². The van der Waals surface area contributed by atoms with Crippen molar-refractivity contribution in [3.63, 3.8) is 0 Å². The van der Waals surface area contributed by atoms with E-state index in [0.29, 0.717) is 19.6 Å². The Morgan fingerprint density at radius 1 is 1.15 bits per heavy atom. The molecule has 0 saturated carbocycles. The number of anilines is 1. The van der Waals surface area contributed by atoms with Gasteiger partial charge in [-0.3, -0.25) is 9.88 Å². The fourth-order valence-corrected chi connectivity index (χ4v) is 5.46. The second kappa shape index (κ2) is 13.4. The first-order valence-electron chi connectivity index (χ1n) is 12.0. The summed E-state index contributed by atoms with van der Waals surface area (Å²) < 4.78 is 60.5. The van der Waals surface area contributed by atoms with Crippen LogP contribution in [0.15, 0.2) is 64.0 Å². The van der Waals surface area contributed by atoms with Crippen molar-refractivity contribution in [2.45, 2.75) is 30.5 Å². The second-order valence-corrected chi connectivity index (χ2v) is 11.5. The molecule has 2 heterocycles. The molecular formula is C25H27BrF3N5O5S. The number of carboxylic acids is 1. The Balaban J connectivity index is 0.000000559. The normalized spacial score (nSPS) is 15.8. The number of amides is 2. The first kappa shape index (κ1) is 31.3. The molecule has 10 nitrogen and oxygen atoms in total. The van der Waals surface area contributed by atoms with E-state index in [1.165, 1.54) is 0 Å². The van der Waals surface area contributed by atoms with E-state index >= 15 is 0 Å². The number of nitrogens with zero attached hydrogens (tertiary/aromatic N) is 2. The number of urea groups is 1. The molecule has 1 aromatic heterocycles. The Morgan fingerprint density at radius 2 is 1.80 bits per heavy atom. The number of aliphatic carboxylic acids is 1. The van der Waals surface area contributed by atoms with Crippen molar-refractivity contribution in [3.05, 3.63) is 64.8 Å². The van der Waals surface area contributed by atoms with Crippen molar-refractivity contribution in [1.82, 2.24) is 19.9 Å². The van der Waals surface area contributed by atoms with E-state index in [4.69, 9.17) is 9.90 Å². The molecule has 4 N–H and O–H groups in total. The molecular weight excluding hydrogens is 619 g/mol. The van der Waals surface area contributed by atoms with Crippen molar-refractivity contribution in [3.8, 4) is 0 Å². The number of carbonyl (C=O) groups is 2. The van der Waals surface area contributed by atoms with Crippen LogP contribution < -0.4 is 15.4 Å². The Kier molecular flexibility index (Phi) is 10.5. The van der Waals surface area contributed by atoms with Gasteiger partial charge in [0.1, 0.15) is 0 Å². The van der Waals surface area contributed by atoms with Crippen molar-refractivity contribution in [2.24, 2.45) is 0 Å². The summed E-state index contributed by atoms with van der Waals surface area (Å²) in [5, 5.41) is 13.8. The largest absolute Gasteiger partial charge is 0.490 e. The molecule has 216 valence electrons. The number of rotatable bonds is 7. The van der Waals surface area contributed by atoms with Gasteiger partial charge in [0.15, 0.2) is 0 Å². The van der Waals surface area contributed by atoms with Gasteiger partial charge in [0, 0.05) is 41.2 Å². The maximum atomic E-state index is 12.6. The summed E-state index contributed by atoms with van der Waals surface area (Å²) in [4.78, 5) is 28.2. The molecule has 40 heavy (non-hydrogen) atoms. The van der Waals surface area contributed by atoms with Gasteiger partial charge < -0.3 is 15.7 Å². The summed E-state index contributed by atoms with van der Waals surface area (Å²) in [6, 6.07) is 15.7. The molecule has 0 radical (unpaired) electrons. The lowest BCUT2D eigenvalue weighted by Gasteiger charge is -2.17. The third-order valence-corrected chi connectivity index (χ3v) is 7.83. The van der Waals surface area contributed by atoms with Crippen LogP contribution in [0.3, 0.4) is 0 Å². The maximum Gasteiger partial charge on any atom is 0.490 e. The number of pyridine rings is 1. The highest BCUT2D eigenvalue weighted by molar-refractivity contribution is 9.10. The number of halogens is 4. The minimum atomic E-state index is -5.08. The second-order valence-electron chi connectivity index (χ2n) is 8.87. The van der Waals surface area contributed by atoms with Crippen LogP contribution in [0.1, 0.15) is 12.1 Å². The van der Waals surface area contributed by atoms with Crippen molar-refractivity contribution in [1.29, 1.82) is 0 Å². The molecule has 4 rings (SSSR count). The summed E-state index contributed by atoms with van der Waals surface area (Å²) in [7, 11) is -3.56. The van der Waals surface area contributed by atoms with Crippen LogP contribution in [-0.2, 0) is 14.8 Å². The molecule has 3 aromatic rings. The van der Waals surface area contributed by atoms with Crippen LogP contribution in [0.2, 0.25) is 0 Å². The van der Waals surface area contributed by atoms with Gasteiger partial charge in [-0.05, 0) is 56.3 Å². The predicted molar refractivity (Wildman–Crippen MR) is 147 cm³/mol. The number of fused-ring (bicyclic) bond motifs is 1. The van der Waals surface area contributed by atoms with E-state index in [9.17, 15) is 26.4 Å². The van der Waals surface area contributed by atoms with Gasteiger partial charge in [-0.2, -0.15) is 13.2 Å². The third-order valence-electron chi connectivity index (χ3n) is 5.77. The number of nitrogens with one attached hydrogen (secondary N) is 3. The smallest absolute Gasteiger partial charge is 0.475 e. The van der Waals surface area contributed by atoms with Crippen molar-refractivity contribution in [2.75, 3.05) is 31.5 Å². The minimum absolute atomic E-state index is 0.154. The molecule has 1 aliphatic rings. The molecule has 0 spiro atoms. The fraction of sp³-hybridized carbons (Fsp3) is 0.320. The molecule has 2 amide bonds. The lowest BCUT2D eigenvalue weighted by Crippen LogP contribution is -2.39. The fourth-order valence-electron chi connectivity index (χ4n) is 3.94. The van der Waals surface area contributed by atoms with Gasteiger partial charge in [0.05, 0.1) is 16.1 Å². The van der Waals surface area contributed by atoms with E-state index in [-0.39, 0.29) is 17.0 Å². The maximum absolute atomic E-state index is 12.6. The molecule has 0 bridgehead atoms. The average Bonchev–Trinajstić information content (AvgIpc) is 3.30. The SMILES string of the molecule is Cc1cc(NC(=O)NCCN2CCC(NS(=O)(=O)c3ccc(Br)cc3)C2)c2ccccc2n1.O=C(O)C(F)(F)F. The van der Waals surface area contributed by atoms with Crippen LogP contribution in [0.25, 0.3) is 10.9 Å². The highest BCUT2D eigenvalue weighted by Crippen LogP contribution is 2.23. The van der Waals surface area contributed by atoms with Crippen LogP contribution in [0.5, 0.6) is 0 Å². The topological polar surface area (TPSA) is 141 Å². The highest BCUT2D eigenvalue weighted by atomic mass is 79.9. The molecule has 1 saturated heterocycles. The number of para-hydroxylation sites is 1. The van der Waals surface area contributed by atoms with E-state index in [0.717, 1.165) is 39.7 Å². The molecule has 1 aliphatic heterocycles. The molecule has 1 atom stereocenters. The van der Waals surface area contributed by atoms with Gasteiger partial charge >= 0.3 is 18.2 Å². The number of aromatic nitrogens is 1. The van der Waals surface area contributed by atoms with Crippen LogP contribution >= 0.6 is 15.9 Å². The van der Waals surface area contributed by atoms with E-state index in [2.05, 4.69) is 41.2 Å². The van der Waals surface area contributed by atoms with Crippen molar-refractivity contribution < 1.29 is 36.3 Å². The quantitative estimate of drug-likeness (QED) is 0.303. The number of alkyl halides is 3. The molecule has 1 fully saturated rings. The number of benzene rings is 2. The summed E-state index contributed by atoms with van der Waals surface area (Å²) >= 11 is 3.32. The third kappa shape index (κ3) is 9.15. The first-order valence-corrected chi connectivity index (χ1v) is 14.2. The Hall–Kier alpha value is -3.27. The molecule has 0 aliphatic carbocycles. The zero-order chi connectivity index (χ0) is 29.5. The van der Waals surface area contributed by atoms with Gasteiger partial charge in [0.25, 0.3) is 0 Å². The summed E-state index contributed by atoms with van der Waals surface area (Å²) in [6.45, 7) is 4.36. The number of carboxylic acid groups (broad SMARTS) is 1.